The minimum atomic E-state index is -0.369. The molecule has 0 radical (unpaired) electrons. The van der Waals surface area contributed by atoms with Gasteiger partial charge >= 0.3 is 0 Å². The molecule has 5 nitrogen and oxygen atoms in total. The third-order valence-corrected chi connectivity index (χ3v) is 3.23. The topological polar surface area (TPSA) is 69.9 Å². The number of imidazole rings is 1. The first-order chi connectivity index (χ1) is 8.65. The number of anilines is 1. The van der Waals surface area contributed by atoms with Gasteiger partial charge in [-0.15, -0.1) is 0 Å². The summed E-state index contributed by atoms with van der Waals surface area (Å²) >= 11 is 3.14. The molecule has 2 N–H and O–H groups in total. The fourth-order valence-corrected chi connectivity index (χ4v) is 2.12. The average molecular weight is 311 g/mol. The van der Waals surface area contributed by atoms with E-state index in [0.29, 0.717) is 28.2 Å². The molecule has 0 aliphatic carbocycles. The average Bonchev–Trinajstić information content (AvgIpc) is 2.92. The van der Waals surface area contributed by atoms with E-state index in [1.165, 1.54) is 6.07 Å². The first-order valence-corrected chi connectivity index (χ1v) is 5.95. The van der Waals surface area contributed by atoms with E-state index >= 15 is 0 Å². The number of nitrogens with two attached hydrogens (primary N) is 1. The molecule has 1 aromatic carbocycles. The highest BCUT2D eigenvalue weighted by Gasteiger charge is 2.12. The van der Waals surface area contributed by atoms with Gasteiger partial charge in [-0.05, 0) is 22.0 Å². The SMILES string of the molecule is Nc1nc2cc(F)c(Br)cc2n1Cc1ccno1. The molecule has 2 aromatic heterocycles. The highest BCUT2D eigenvalue weighted by atomic mass is 79.9. The van der Waals surface area contributed by atoms with E-state index in [9.17, 15) is 4.39 Å². The van der Waals surface area contributed by atoms with Crippen molar-refractivity contribution in [1.82, 2.24) is 14.7 Å². The Morgan fingerprint density at radius 1 is 1.44 bits per heavy atom. The van der Waals surface area contributed by atoms with Gasteiger partial charge in [0, 0.05) is 12.1 Å². The van der Waals surface area contributed by atoms with Crippen molar-refractivity contribution in [3.8, 4) is 0 Å². The van der Waals surface area contributed by atoms with Crippen molar-refractivity contribution in [2.45, 2.75) is 6.54 Å². The van der Waals surface area contributed by atoms with E-state index in [0.717, 1.165) is 5.52 Å². The molecule has 0 spiro atoms. The number of hydrogen-bond acceptors (Lipinski definition) is 4. The zero-order valence-electron chi connectivity index (χ0n) is 9.10. The molecular formula is C11H8BrFN4O. The molecule has 7 heteroatoms. The number of fused-ring (bicyclic) bond motifs is 1. The molecule has 0 bridgehead atoms. The number of hydrogen-bond donors (Lipinski definition) is 1. The lowest BCUT2D eigenvalue weighted by Crippen LogP contribution is -2.03. The zero-order valence-corrected chi connectivity index (χ0v) is 10.7. The Bertz CT molecular complexity index is 707. The van der Waals surface area contributed by atoms with Crippen molar-refractivity contribution in [3.63, 3.8) is 0 Å². The number of aromatic nitrogens is 3. The minimum absolute atomic E-state index is 0.305. The van der Waals surface area contributed by atoms with Crippen LogP contribution in [0.2, 0.25) is 0 Å². The lowest BCUT2D eigenvalue weighted by Gasteiger charge is -2.03. The van der Waals surface area contributed by atoms with Gasteiger partial charge in [-0.2, -0.15) is 0 Å². The van der Waals surface area contributed by atoms with Crippen LogP contribution < -0.4 is 5.73 Å². The molecule has 0 aliphatic heterocycles. The second-order valence-corrected chi connectivity index (χ2v) is 4.64. The van der Waals surface area contributed by atoms with Crippen LogP contribution in [0.3, 0.4) is 0 Å². The van der Waals surface area contributed by atoms with E-state index in [-0.39, 0.29) is 5.82 Å². The molecular weight excluding hydrogens is 303 g/mol. The van der Waals surface area contributed by atoms with Gasteiger partial charge in [0.1, 0.15) is 5.82 Å². The van der Waals surface area contributed by atoms with Gasteiger partial charge in [0.15, 0.2) is 5.76 Å². The molecule has 0 amide bonds. The van der Waals surface area contributed by atoms with Crippen LogP contribution in [0.15, 0.2) is 33.4 Å². The maximum absolute atomic E-state index is 13.4. The maximum Gasteiger partial charge on any atom is 0.201 e. The quantitative estimate of drug-likeness (QED) is 0.789. The maximum atomic E-state index is 13.4. The molecule has 18 heavy (non-hydrogen) atoms. The van der Waals surface area contributed by atoms with E-state index in [2.05, 4.69) is 26.1 Å². The van der Waals surface area contributed by atoms with Crippen LogP contribution in [0.1, 0.15) is 5.76 Å². The third kappa shape index (κ3) is 1.76. The van der Waals surface area contributed by atoms with Crippen molar-refractivity contribution >= 4 is 32.9 Å². The largest absolute Gasteiger partial charge is 0.369 e. The molecule has 2 heterocycles. The number of rotatable bonds is 2. The molecule has 0 aliphatic rings. The summed E-state index contributed by atoms with van der Waals surface area (Å²) in [5.74, 6) is 0.590. The summed E-state index contributed by atoms with van der Waals surface area (Å²) in [6.07, 6.45) is 1.56. The predicted octanol–water partition coefficient (Wildman–Crippen LogP) is 2.56. The number of benzene rings is 1. The number of nitrogen functional groups attached to an aromatic ring is 1. The molecule has 3 rings (SSSR count). The first-order valence-electron chi connectivity index (χ1n) is 5.15. The fourth-order valence-electron chi connectivity index (χ4n) is 1.78. The molecule has 0 saturated heterocycles. The summed E-state index contributed by atoms with van der Waals surface area (Å²) in [6, 6.07) is 4.72. The summed E-state index contributed by atoms with van der Waals surface area (Å²) in [4.78, 5) is 4.11. The van der Waals surface area contributed by atoms with Gasteiger partial charge in [0.2, 0.25) is 5.95 Å². The van der Waals surface area contributed by atoms with Gasteiger partial charge in [0.25, 0.3) is 0 Å². The summed E-state index contributed by atoms with van der Waals surface area (Å²) in [5, 5.41) is 3.63. The lowest BCUT2D eigenvalue weighted by molar-refractivity contribution is 0.378. The molecule has 0 fully saturated rings. The second kappa shape index (κ2) is 4.09. The highest BCUT2D eigenvalue weighted by molar-refractivity contribution is 9.10. The van der Waals surface area contributed by atoms with Crippen molar-refractivity contribution in [3.05, 3.63) is 40.4 Å². The summed E-state index contributed by atoms with van der Waals surface area (Å²) in [6.45, 7) is 0.403. The minimum Gasteiger partial charge on any atom is -0.369 e. The van der Waals surface area contributed by atoms with Gasteiger partial charge < -0.3 is 14.8 Å². The standard InChI is InChI=1S/C11H8BrFN4O/c12-7-3-10-9(4-8(7)13)16-11(14)17(10)5-6-1-2-15-18-6/h1-4H,5H2,(H2,14,16). The normalized spacial score (nSPS) is 11.2. The van der Waals surface area contributed by atoms with E-state index < -0.39 is 0 Å². The predicted molar refractivity (Wildman–Crippen MR) is 67.4 cm³/mol. The summed E-state index contributed by atoms with van der Waals surface area (Å²) < 4.78 is 20.5. The van der Waals surface area contributed by atoms with Crippen molar-refractivity contribution < 1.29 is 8.91 Å². The Hall–Kier alpha value is -1.89. The Kier molecular flexibility index (Phi) is 2.55. The molecule has 92 valence electrons. The Labute approximate surface area is 110 Å². The van der Waals surface area contributed by atoms with E-state index in [1.807, 2.05) is 0 Å². The zero-order chi connectivity index (χ0) is 12.7. The van der Waals surface area contributed by atoms with Crippen LogP contribution in [-0.2, 0) is 6.54 Å². The molecule has 0 saturated carbocycles. The van der Waals surface area contributed by atoms with Gasteiger partial charge in [-0.3, -0.25) is 0 Å². The van der Waals surface area contributed by atoms with Crippen LogP contribution in [0.25, 0.3) is 11.0 Å². The Morgan fingerprint density at radius 3 is 3.00 bits per heavy atom. The van der Waals surface area contributed by atoms with Crippen LogP contribution in [0.5, 0.6) is 0 Å². The van der Waals surface area contributed by atoms with Gasteiger partial charge in [0.05, 0.1) is 28.2 Å². The second-order valence-electron chi connectivity index (χ2n) is 3.79. The van der Waals surface area contributed by atoms with Crippen LogP contribution in [-0.4, -0.2) is 14.7 Å². The first kappa shape index (κ1) is 11.2. The van der Waals surface area contributed by atoms with Crippen molar-refractivity contribution in [2.24, 2.45) is 0 Å². The molecule has 3 aromatic rings. The lowest BCUT2D eigenvalue weighted by atomic mass is 10.3. The van der Waals surface area contributed by atoms with Crippen LogP contribution in [0, 0.1) is 5.82 Å². The van der Waals surface area contributed by atoms with Crippen LogP contribution in [0.4, 0.5) is 10.3 Å². The number of halogens is 2. The number of nitrogens with zero attached hydrogens (tertiary/aromatic N) is 3. The van der Waals surface area contributed by atoms with Gasteiger partial charge in [-0.25, -0.2) is 9.37 Å². The Morgan fingerprint density at radius 2 is 2.28 bits per heavy atom. The smallest absolute Gasteiger partial charge is 0.201 e. The fraction of sp³-hybridized carbons (Fsp3) is 0.0909. The molecule has 0 atom stereocenters. The van der Waals surface area contributed by atoms with Gasteiger partial charge in [-0.1, -0.05) is 5.16 Å². The monoisotopic (exact) mass is 310 g/mol. The Balaban J connectivity index is 2.16. The van der Waals surface area contributed by atoms with E-state index in [1.54, 1.807) is 22.9 Å². The third-order valence-electron chi connectivity index (χ3n) is 2.63. The van der Waals surface area contributed by atoms with Crippen LogP contribution >= 0.6 is 15.9 Å². The van der Waals surface area contributed by atoms with Crippen molar-refractivity contribution in [1.29, 1.82) is 0 Å². The van der Waals surface area contributed by atoms with E-state index in [4.69, 9.17) is 10.3 Å². The molecule has 0 unspecified atom stereocenters. The summed E-state index contributed by atoms with van der Waals surface area (Å²) in [7, 11) is 0. The highest BCUT2D eigenvalue weighted by Crippen LogP contribution is 2.25. The summed E-state index contributed by atoms with van der Waals surface area (Å²) in [5.41, 5.74) is 7.06. The van der Waals surface area contributed by atoms with Crippen molar-refractivity contribution in [2.75, 3.05) is 5.73 Å².